The Morgan fingerprint density at radius 3 is 2.43 bits per heavy atom. The van der Waals surface area contributed by atoms with Gasteiger partial charge < -0.3 is 5.32 Å². The second kappa shape index (κ2) is 10.3. The molecule has 0 fully saturated rings. The Kier molecular flexibility index (Phi) is 9.71. The highest BCUT2D eigenvalue weighted by atomic mass is 16.1. The van der Waals surface area contributed by atoms with E-state index in [0.29, 0.717) is 0 Å². The number of nitrogens with one attached hydrogen (secondary N) is 1. The van der Waals surface area contributed by atoms with E-state index in [1.54, 1.807) is 12.2 Å². The number of carbonyl (C=O) groups excluding carboxylic acids is 1. The van der Waals surface area contributed by atoms with E-state index in [4.69, 9.17) is 0 Å². The average Bonchev–Trinajstić information content (AvgIpc) is 2.17. The van der Waals surface area contributed by atoms with Crippen molar-refractivity contribution >= 4 is 5.91 Å². The number of allylic oxidation sites excluding steroid dienone is 1. The van der Waals surface area contributed by atoms with Crippen LogP contribution in [0.1, 0.15) is 52.4 Å². The first kappa shape index (κ1) is 13.2. The van der Waals surface area contributed by atoms with Crippen LogP contribution in [0.25, 0.3) is 0 Å². The number of hydrogen-bond acceptors (Lipinski definition) is 1. The van der Waals surface area contributed by atoms with E-state index in [1.807, 2.05) is 6.92 Å². The minimum absolute atomic E-state index is 0.0288. The van der Waals surface area contributed by atoms with Gasteiger partial charge >= 0.3 is 0 Å². The summed E-state index contributed by atoms with van der Waals surface area (Å²) in [6.45, 7) is 4.89. The van der Waals surface area contributed by atoms with Gasteiger partial charge in [0.25, 0.3) is 0 Å². The summed E-state index contributed by atoms with van der Waals surface area (Å²) in [5.41, 5.74) is 0. The summed E-state index contributed by atoms with van der Waals surface area (Å²) in [5.74, 6) is 0.0288. The van der Waals surface area contributed by atoms with Crippen molar-refractivity contribution in [2.24, 2.45) is 0 Å². The van der Waals surface area contributed by atoms with Crippen LogP contribution in [-0.2, 0) is 4.79 Å². The first-order valence-electron chi connectivity index (χ1n) is 5.71. The highest BCUT2D eigenvalue weighted by Gasteiger charge is 1.93. The zero-order valence-electron chi connectivity index (χ0n) is 9.51. The Morgan fingerprint density at radius 1 is 1.14 bits per heavy atom. The minimum Gasteiger partial charge on any atom is -0.353 e. The molecule has 1 N–H and O–H groups in total. The van der Waals surface area contributed by atoms with Crippen molar-refractivity contribution in [1.82, 2.24) is 5.32 Å². The summed E-state index contributed by atoms with van der Waals surface area (Å²) in [6, 6.07) is 0. The molecule has 0 heterocycles. The highest BCUT2D eigenvalue weighted by molar-refractivity contribution is 5.87. The molecule has 2 heteroatoms. The van der Waals surface area contributed by atoms with E-state index >= 15 is 0 Å². The van der Waals surface area contributed by atoms with Crippen LogP contribution in [0, 0.1) is 0 Å². The number of carbonyl (C=O) groups is 1. The molecule has 1 amide bonds. The third-order valence-corrected chi connectivity index (χ3v) is 2.15. The molecule has 0 aliphatic heterocycles. The van der Waals surface area contributed by atoms with Crippen LogP contribution in [0.2, 0.25) is 0 Å². The van der Waals surface area contributed by atoms with Crippen LogP contribution >= 0.6 is 0 Å². The highest BCUT2D eigenvalue weighted by Crippen LogP contribution is 2.03. The van der Waals surface area contributed by atoms with Gasteiger partial charge in [0.2, 0.25) is 5.91 Å². The molecule has 0 aliphatic rings. The van der Waals surface area contributed by atoms with Crippen LogP contribution in [0.3, 0.4) is 0 Å². The quantitative estimate of drug-likeness (QED) is 0.470. The molecule has 0 radical (unpaired) electrons. The molecule has 0 aromatic carbocycles. The number of rotatable bonds is 8. The Morgan fingerprint density at radius 2 is 1.79 bits per heavy atom. The first-order valence-corrected chi connectivity index (χ1v) is 5.71. The van der Waals surface area contributed by atoms with Crippen molar-refractivity contribution in [3.05, 3.63) is 12.2 Å². The van der Waals surface area contributed by atoms with Gasteiger partial charge in [0.15, 0.2) is 0 Å². The largest absolute Gasteiger partial charge is 0.353 e. The smallest absolute Gasteiger partial charge is 0.243 e. The molecule has 0 bridgehead atoms. The van der Waals surface area contributed by atoms with Gasteiger partial charge in [-0.3, -0.25) is 4.79 Å². The van der Waals surface area contributed by atoms with Gasteiger partial charge in [-0.1, -0.05) is 45.1 Å². The van der Waals surface area contributed by atoms with Gasteiger partial charge in [0, 0.05) is 6.54 Å². The zero-order valence-corrected chi connectivity index (χ0v) is 9.51. The maximum Gasteiger partial charge on any atom is 0.243 e. The molecule has 82 valence electrons. The van der Waals surface area contributed by atoms with E-state index in [9.17, 15) is 4.79 Å². The molecule has 0 saturated heterocycles. The molecule has 0 aromatic heterocycles. The summed E-state index contributed by atoms with van der Waals surface area (Å²) >= 11 is 0. The zero-order chi connectivity index (χ0) is 10.6. The van der Waals surface area contributed by atoms with Gasteiger partial charge in [-0.15, -0.1) is 0 Å². The van der Waals surface area contributed by atoms with E-state index in [1.165, 1.54) is 32.1 Å². The lowest BCUT2D eigenvalue weighted by atomic mass is 10.1. The Hall–Kier alpha value is -0.790. The standard InChI is InChI=1S/C12H23NO/c1-3-5-6-7-8-9-11-13-12(14)10-4-2/h4,10H,3,5-9,11H2,1-2H3,(H,13,14). The summed E-state index contributed by atoms with van der Waals surface area (Å²) < 4.78 is 0. The fourth-order valence-electron chi connectivity index (χ4n) is 1.33. The summed E-state index contributed by atoms with van der Waals surface area (Å²) in [6.07, 6.45) is 10.9. The Labute approximate surface area is 87.8 Å². The minimum atomic E-state index is 0.0288. The average molecular weight is 197 g/mol. The Bertz CT molecular complexity index is 164. The van der Waals surface area contributed by atoms with Crippen LogP contribution in [0.5, 0.6) is 0 Å². The summed E-state index contributed by atoms with van der Waals surface area (Å²) in [5, 5.41) is 2.85. The lowest BCUT2D eigenvalue weighted by Gasteiger charge is -2.01. The summed E-state index contributed by atoms with van der Waals surface area (Å²) in [7, 11) is 0. The van der Waals surface area contributed by atoms with Gasteiger partial charge in [0.05, 0.1) is 0 Å². The van der Waals surface area contributed by atoms with Gasteiger partial charge in [-0.2, -0.15) is 0 Å². The predicted molar refractivity (Wildman–Crippen MR) is 61.2 cm³/mol. The molecule has 0 unspecified atom stereocenters. The molecule has 0 aliphatic carbocycles. The number of hydrogen-bond donors (Lipinski definition) is 1. The fourth-order valence-corrected chi connectivity index (χ4v) is 1.33. The van der Waals surface area contributed by atoms with Crippen LogP contribution in [0.4, 0.5) is 0 Å². The van der Waals surface area contributed by atoms with Crippen molar-refractivity contribution < 1.29 is 4.79 Å². The third-order valence-electron chi connectivity index (χ3n) is 2.15. The number of amides is 1. The second-order valence-electron chi connectivity index (χ2n) is 3.56. The van der Waals surface area contributed by atoms with Crippen molar-refractivity contribution in [3.63, 3.8) is 0 Å². The molecule has 0 aromatic rings. The van der Waals surface area contributed by atoms with E-state index < -0.39 is 0 Å². The van der Waals surface area contributed by atoms with Crippen LogP contribution < -0.4 is 5.32 Å². The summed E-state index contributed by atoms with van der Waals surface area (Å²) in [4.78, 5) is 11.0. The van der Waals surface area contributed by atoms with Crippen molar-refractivity contribution in [3.8, 4) is 0 Å². The van der Waals surface area contributed by atoms with Crippen molar-refractivity contribution in [2.75, 3.05) is 6.54 Å². The molecular weight excluding hydrogens is 174 g/mol. The lowest BCUT2D eigenvalue weighted by Crippen LogP contribution is -2.21. The van der Waals surface area contributed by atoms with Gasteiger partial charge in [0.1, 0.15) is 0 Å². The molecule has 0 spiro atoms. The van der Waals surface area contributed by atoms with Gasteiger partial charge in [-0.25, -0.2) is 0 Å². The van der Waals surface area contributed by atoms with E-state index in [-0.39, 0.29) is 5.91 Å². The molecule has 0 atom stereocenters. The van der Waals surface area contributed by atoms with Crippen LogP contribution in [-0.4, -0.2) is 12.5 Å². The molecule has 0 rings (SSSR count). The monoisotopic (exact) mass is 197 g/mol. The molecule has 0 saturated carbocycles. The topological polar surface area (TPSA) is 29.1 Å². The second-order valence-corrected chi connectivity index (χ2v) is 3.56. The van der Waals surface area contributed by atoms with Gasteiger partial charge in [-0.05, 0) is 19.4 Å². The SMILES string of the molecule is CC=CC(=O)NCCCCCCCC. The molecule has 2 nitrogen and oxygen atoms in total. The van der Waals surface area contributed by atoms with Crippen molar-refractivity contribution in [1.29, 1.82) is 0 Å². The number of unbranched alkanes of at least 4 members (excludes halogenated alkanes) is 5. The molecule has 14 heavy (non-hydrogen) atoms. The fraction of sp³-hybridized carbons (Fsp3) is 0.750. The maximum atomic E-state index is 11.0. The normalized spacial score (nSPS) is 10.7. The molecular formula is C12H23NO. The van der Waals surface area contributed by atoms with Crippen LogP contribution in [0.15, 0.2) is 12.2 Å². The maximum absolute atomic E-state index is 11.0. The van der Waals surface area contributed by atoms with E-state index in [2.05, 4.69) is 12.2 Å². The third kappa shape index (κ3) is 9.30. The lowest BCUT2D eigenvalue weighted by molar-refractivity contribution is -0.116. The Balaban J connectivity index is 3.09. The predicted octanol–water partition coefficient (Wildman–Crippen LogP) is 3.04. The first-order chi connectivity index (χ1) is 6.81. The van der Waals surface area contributed by atoms with Crippen molar-refractivity contribution in [2.45, 2.75) is 52.4 Å². The van der Waals surface area contributed by atoms with E-state index in [0.717, 1.165) is 13.0 Å².